The fraction of sp³-hybridized carbons (Fsp3) is 0.500. The van der Waals surface area contributed by atoms with Crippen molar-refractivity contribution in [1.82, 2.24) is 4.57 Å². The summed E-state index contributed by atoms with van der Waals surface area (Å²) in [6.45, 7) is 10.1. The second kappa shape index (κ2) is 5.89. The second-order valence-electron chi connectivity index (χ2n) is 7.36. The molecule has 0 unspecified atom stereocenters. The van der Waals surface area contributed by atoms with Gasteiger partial charge in [0, 0.05) is 23.5 Å². The molecule has 23 heavy (non-hydrogen) atoms. The Hall–Kier alpha value is -2.01. The molecule has 0 radical (unpaired) electrons. The minimum atomic E-state index is -0.552. The van der Waals surface area contributed by atoms with Gasteiger partial charge in [-0.15, -0.1) is 0 Å². The number of methoxy groups -OCH3 is 1. The molecule has 5 nitrogen and oxygen atoms in total. The summed E-state index contributed by atoms with van der Waals surface area (Å²) in [5.74, 6) is 0.744. The summed E-state index contributed by atoms with van der Waals surface area (Å²) < 4.78 is 12.4. The fourth-order valence-corrected chi connectivity index (χ4v) is 2.45. The topological polar surface area (TPSA) is 66.5 Å². The van der Waals surface area contributed by atoms with Gasteiger partial charge in [-0.2, -0.15) is 0 Å². The molecule has 2 rings (SSSR count). The second-order valence-corrected chi connectivity index (χ2v) is 7.36. The maximum absolute atomic E-state index is 12.5. The Kier molecular flexibility index (Phi) is 4.44. The van der Waals surface area contributed by atoms with Crippen LogP contribution in [0.5, 0.6) is 5.75 Å². The molecule has 5 heteroatoms. The molecule has 2 aromatic rings. The number of nitrogens with zero attached hydrogens (tertiary/aromatic N) is 1. The number of ether oxygens (including phenoxy) is 2. The van der Waals surface area contributed by atoms with Crippen LogP contribution in [0.2, 0.25) is 0 Å². The SMILES string of the molecule is COc1ccc2c(c1)c(C(C)(C)CN)cn2C(=O)OC(C)(C)C. The molecule has 0 amide bonds. The van der Waals surface area contributed by atoms with Gasteiger partial charge >= 0.3 is 6.09 Å². The maximum Gasteiger partial charge on any atom is 0.419 e. The summed E-state index contributed by atoms with van der Waals surface area (Å²) in [6.07, 6.45) is 1.43. The normalized spacial score (nSPS) is 12.5. The number of carbonyl (C=O) groups excluding carboxylic acids is 1. The van der Waals surface area contributed by atoms with Gasteiger partial charge in [-0.1, -0.05) is 13.8 Å². The van der Waals surface area contributed by atoms with Gasteiger partial charge in [0.1, 0.15) is 11.4 Å². The maximum atomic E-state index is 12.5. The molecule has 0 bridgehead atoms. The molecule has 0 saturated carbocycles. The Morgan fingerprint density at radius 1 is 1.22 bits per heavy atom. The van der Waals surface area contributed by atoms with Crippen molar-refractivity contribution < 1.29 is 14.3 Å². The van der Waals surface area contributed by atoms with Crippen LogP contribution in [-0.2, 0) is 10.2 Å². The zero-order valence-corrected chi connectivity index (χ0v) is 14.8. The standard InChI is InChI=1S/C18H26N2O3/c1-17(2,3)23-16(21)20-10-14(18(4,5)11-19)13-9-12(22-6)7-8-15(13)20/h7-10H,11,19H2,1-6H3. The van der Waals surface area contributed by atoms with Crippen LogP contribution in [-0.4, -0.2) is 29.9 Å². The molecule has 0 aliphatic carbocycles. The van der Waals surface area contributed by atoms with E-state index in [9.17, 15) is 4.79 Å². The average molecular weight is 318 g/mol. The molecular formula is C18H26N2O3. The average Bonchev–Trinajstić information content (AvgIpc) is 2.84. The third kappa shape index (κ3) is 3.50. The number of rotatable bonds is 3. The van der Waals surface area contributed by atoms with Crippen LogP contribution in [0.15, 0.2) is 24.4 Å². The smallest absolute Gasteiger partial charge is 0.419 e. The van der Waals surface area contributed by atoms with E-state index >= 15 is 0 Å². The van der Waals surface area contributed by atoms with Crippen molar-refractivity contribution in [2.24, 2.45) is 5.73 Å². The lowest BCUT2D eigenvalue weighted by molar-refractivity contribution is 0.0544. The van der Waals surface area contributed by atoms with Crippen LogP contribution >= 0.6 is 0 Å². The third-order valence-electron chi connectivity index (χ3n) is 3.84. The van der Waals surface area contributed by atoms with E-state index in [0.29, 0.717) is 6.54 Å². The molecule has 1 aromatic carbocycles. The lowest BCUT2D eigenvalue weighted by Gasteiger charge is -2.22. The Morgan fingerprint density at radius 2 is 1.87 bits per heavy atom. The lowest BCUT2D eigenvalue weighted by atomic mass is 9.84. The predicted octanol–water partition coefficient (Wildman–Crippen LogP) is 3.67. The summed E-state index contributed by atoms with van der Waals surface area (Å²) in [5, 5.41) is 0.950. The van der Waals surface area contributed by atoms with E-state index in [1.54, 1.807) is 11.7 Å². The van der Waals surface area contributed by atoms with Crippen LogP contribution in [0.4, 0.5) is 4.79 Å². The van der Waals surface area contributed by atoms with Gasteiger partial charge in [0.15, 0.2) is 0 Å². The summed E-state index contributed by atoms with van der Waals surface area (Å²) >= 11 is 0. The number of fused-ring (bicyclic) bond motifs is 1. The molecule has 0 aliphatic heterocycles. The Morgan fingerprint density at radius 3 is 2.39 bits per heavy atom. The van der Waals surface area contributed by atoms with E-state index in [4.69, 9.17) is 15.2 Å². The van der Waals surface area contributed by atoms with Crippen LogP contribution < -0.4 is 10.5 Å². The van der Waals surface area contributed by atoms with Crippen molar-refractivity contribution in [3.63, 3.8) is 0 Å². The Labute approximate surface area is 137 Å². The van der Waals surface area contributed by atoms with Gasteiger partial charge in [-0.05, 0) is 44.5 Å². The first-order valence-electron chi connectivity index (χ1n) is 7.72. The number of benzene rings is 1. The van der Waals surface area contributed by atoms with Crippen LogP contribution in [0.3, 0.4) is 0 Å². The zero-order valence-electron chi connectivity index (χ0n) is 14.8. The van der Waals surface area contributed by atoms with Crippen molar-refractivity contribution in [2.75, 3.05) is 13.7 Å². The van der Waals surface area contributed by atoms with Gasteiger partial charge < -0.3 is 15.2 Å². The monoisotopic (exact) mass is 318 g/mol. The van der Waals surface area contributed by atoms with Crippen molar-refractivity contribution in [1.29, 1.82) is 0 Å². The highest BCUT2D eigenvalue weighted by Crippen LogP contribution is 2.34. The summed E-state index contributed by atoms with van der Waals surface area (Å²) in [7, 11) is 1.62. The van der Waals surface area contributed by atoms with Crippen molar-refractivity contribution in [3.05, 3.63) is 30.0 Å². The van der Waals surface area contributed by atoms with E-state index in [1.165, 1.54) is 0 Å². The molecule has 0 atom stereocenters. The molecule has 1 aromatic heterocycles. The van der Waals surface area contributed by atoms with Gasteiger partial charge in [0.2, 0.25) is 0 Å². The van der Waals surface area contributed by atoms with Gasteiger partial charge in [0.25, 0.3) is 0 Å². The first-order chi connectivity index (χ1) is 10.6. The van der Waals surface area contributed by atoms with E-state index in [2.05, 4.69) is 13.8 Å². The first kappa shape index (κ1) is 17.3. The summed E-state index contributed by atoms with van der Waals surface area (Å²) in [5.41, 5.74) is 6.90. The minimum absolute atomic E-state index is 0.266. The Bertz CT molecular complexity index is 724. The summed E-state index contributed by atoms with van der Waals surface area (Å²) in [4.78, 5) is 12.5. The van der Waals surface area contributed by atoms with Crippen molar-refractivity contribution in [3.8, 4) is 5.75 Å². The van der Waals surface area contributed by atoms with Crippen LogP contribution in [0, 0.1) is 0 Å². The fourth-order valence-electron chi connectivity index (χ4n) is 2.45. The van der Waals surface area contributed by atoms with Crippen LogP contribution in [0.1, 0.15) is 40.2 Å². The van der Waals surface area contributed by atoms with E-state index < -0.39 is 11.7 Å². The molecule has 2 N–H and O–H groups in total. The first-order valence-corrected chi connectivity index (χ1v) is 7.72. The largest absolute Gasteiger partial charge is 0.497 e. The third-order valence-corrected chi connectivity index (χ3v) is 3.84. The quantitative estimate of drug-likeness (QED) is 0.937. The van der Waals surface area contributed by atoms with E-state index in [1.807, 2.05) is 45.2 Å². The molecule has 0 saturated heterocycles. The predicted molar refractivity (Wildman–Crippen MR) is 92.2 cm³/mol. The molecule has 0 spiro atoms. The van der Waals surface area contributed by atoms with Crippen molar-refractivity contribution in [2.45, 2.75) is 45.6 Å². The number of hydrogen-bond donors (Lipinski definition) is 1. The van der Waals surface area contributed by atoms with Crippen LogP contribution in [0.25, 0.3) is 10.9 Å². The number of aromatic nitrogens is 1. The Balaban J connectivity index is 2.65. The highest BCUT2D eigenvalue weighted by atomic mass is 16.6. The molecular weight excluding hydrogens is 292 g/mol. The van der Waals surface area contributed by atoms with E-state index in [0.717, 1.165) is 22.2 Å². The zero-order chi connectivity index (χ0) is 17.4. The van der Waals surface area contributed by atoms with Crippen molar-refractivity contribution >= 4 is 17.0 Å². The summed E-state index contributed by atoms with van der Waals surface area (Å²) in [6, 6.07) is 5.64. The number of hydrogen-bond acceptors (Lipinski definition) is 4. The van der Waals surface area contributed by atoms with E-state index in [-0.39, 0.29) is 5.41 Å². The van der Waals surface area contributed by atoms with Gasteiger partial charge in [-0.25, -0.2) is 4.79 Å². The molecule has 126 valence electrons. The highest BCUT2D eigenvalue weighted by molar-refractivity contribution is 5.93. The number of carbonyl (C=O) groups is 1. The minimum Gasteiger partial charge on any atom is -0.497 e. The molecule has 0 fully saturated rings. The van der Waals surface area contributed by atoms with Gasteiger partial charge in [0.05, 0.1) is 12.6 Å². The number of nitrogens with two attached hydrogens (primary N) is 1. The lowest BCUT2D eigenvalue weighted by Crippen LogP contribution is -2.28. The highest BCUT2D eigenvalue weighted by Gasteiger charge is 2.27. The van der Waals surface area contributed by atoms with Gasteiger partial charge in [-0.3, -0.25) is 4.57 Å². The molecule has 0 aliphatic rings. The molecule has 1 heterocycles.